The second kappa shape index (κ2) is 7.98. The van der Waals surface area contributed by atoms with E-state index in [0.29, 0.717) is 4.88 Å². The molecule has 0 unspecified atom stereocenters. The van der Waals surface area contributed by atoms with Gasteiger partial charge in [0.25, 0.3) is 5.91 Å². The maximum atomic E-state index is 12.2. The second-order valence-electron chi connectivity index (χ2n) is 5.66. The summed E-state index contributed by atoms with van der Waals surface area (Å²) in [6.45, 7) is 5.36. The molecule has 1 atom stereocenters. The number of primary sulfonamides is 1. The summed E-state index contributed by atoms with van der Waals surface area (Å²) < 4.78 is 27.9. The number of sulfonamides is 1. The van der Waals surface area contributed by atoms with Crippen LogP contribution in [0, 0.1) is 6.92 Å². The van der Waals surface area contributed by atoms with Crippen molar-refractivity contribution >= 4 is 38.9 Å². The molecule has 7 nitrogen and oxygen atoms in total. The van der Waals surface area contributed by atoms with Crippen molar-refractivity contribution in [1.82, 2.24) is 0 Å². The fourth-order valence-electron chi connectivity index (χ4n) is 2.24. The number of amides is 1. The number of hydrogen-bond acceptors (Lipinski definition) is 6. The highest BCUT2D eigenvalue weighted by Gasteiger charge is 2.21. The minimum atomic E-state index is -3.88. The van der Waals surface area contributed by atoms with E-state index in [-0.39, 0.29) is 10.6 Å². The maximum absolute atomic E-state index is 12.2. The van der Waals surface area contributed by atoms with Crippen LogP contribution in [0.5, 0.6) is 0 Å². The average molecular weight is 396 g/mol. The Kier molecular flexibility index (Phi) is 6.17. The maximum Gasteiger partial charge on any atom is 0.349 e. The first-order chi connectivity index (χ1) is 12.1. The Bertz CT molecular complexity index is 934. The Balaban J connectivity index is 2.04. The average Bonchev–Trinajstić information content (AvgIpc) is 2.95. The van der Waals surface area contributed by atoms with Crippen molar-refractivity contribution in [3.63, 3.8) is 0 Å². The number of nitrogens with one attached hydrogen (secondary N) is 1. The van der Waals surface area contributed by atoms with Crippen molar-refractivity contribution in [2.24, 2.45) is 5.14 Å². The van der Waals surface area contributed by atoms with Gasteiger partial charge in [-0.15, -0.1) is 11.3 Å². The van der Waals surface area contributed by atoms with E-state index in [9.17, 15) is 18.0 Å². The molecule has 1 aromatic carbocycles. The van der Waals surface area contributed by atoms with E-state index in [1.165, 1.54) is 42.5 Å². The van der Waals surface area contributed by atoms with Gasteiger partial charge in [0.2, 0.25) is 10.0 Å². The lowest BCUT2D eigenvalue weighted by Crippen LogP contribution is -2.29. The molecular formula is C17H20N2O5S2. The SMILES string of the molecule is CCc1cc(C(=O)O[C@H](C)C(=O)Nc2cccc(S(N)(=O)=O)c2)sc1C. The van der Waals surface area contributed by atoms with Crippen molar-refractivity contribution in [2.45, 2.75) is 38.2 Å². The number of anilines is 1. The van der Waals surface area contributed by atoms with Gasteiger partial charge in [0.1, 0.15) is 4.88 Å². The molecule has 0 saturated carbocycles. The number of aryl methyl sites for hydroxylation is 2. The van der Waals surface area contributed by atoms with Crippen LogP contribution in [-0.2, 0) is 26.0 Å². The summed E-state index contributed by atoms with van der Waals surface area (Å²) >= 11 is 1.32. The lowest BCUT2D eigenvalue weighted by Gasteiger charge is -2.13. The van der Waals surface area contributed by atoms with E-state index in [1.54, 1.807) is 6.07 Å². The summed E-state index contributed by atoms with van der Waals surface area (Å²) in [6.07, 6.45) is -0.236. The molecule has 0 aliphatic rings. The molecule has 0 bridgehead atoms. The quantitative estimate of drug-likeness (QED) is 0.728. The molecule has 0 fully saturated rings. The highest BCUT2D eigenvalue weighted by Crippen LogP contribution is 2.23. The molecule has 0 radical (unpaired) electrons. The highest BCUT2D eigenvalue weighted by molar-refractivity contribution is 7.89. The first-order valence-electron chi connectivity index (χ1n) is 7.85. The highest BCUT2D eigenvalue weighted by atomic mass is 32.2. The van der Waals surface area contributed by atoms with Gasteiger partial charge in [0.05, 0.1) is 4.90 Å². The van der Waals surface area contributed by atoms with Crippen LogP contribution in [0.2, 0.25) is 0 Å². The fraction of sp³-hybridized carbons (Fsp3) is 0.294. The number of ether oxygens (including phenoxy) is 1. The third-order valence-corrected chi connectivity index (χ3v) is 5.67. The number of rotatable bonds is 6. The number of carbonyl (C=O) groups excluding carboxylic acids is 2. The van der Waals surface area contributed by atoms with Crippen LogP contribution >= 0.6 is 11.3 Å². The summed E-state index contributed by atoms with van der Waals surface area (Å²) in [5.74, 6) is -1.15. The molecule has 3 N–H and O–H groups in total. The van der Waals surface area contributed by atoms with Crippen molar-refractivity contribution < 1.29 is 22.7 Å². The summed E-state index contributed by atoms with van der Waals surface area (Å²) in [5, 5.41) is 7.57. The number of nitrogens with two attached hydrogens (primary N) is 1. The summed E-state index contributed by atoms with van der Waals surface area (Å²) in [4.78, 5) is 25.7. The predicted molar refractivity (Wildman–Crippen MR) is 99.8 cm³/mol. The van der Waals surface area contributed by atoms with Crippen molar-refractivity contribution in [2.75, 3.05) is 5.32 Å². The van der Waals surface area contributed by atoms with Gasteiger partial charge in [0, 0.05) is 10.6 Å². The van der Waals surface area contributed by atoms with Crippen LogP contribution in [-0.4, -0.2) is 26.4 Å². The van der Waals surface area contributed by atoms with E-state index in [1.807, 2.05) is 13.8 Å². The number of thiophene rings is 1. The van der Waals surface area contributed by atoms with Crippen molar-refractivity contribution in [3.05, 3.63) is 45.6 Å². The lowest BCUT2D eigenvalue weighted by molar-refractivity contribution is -0.123. The number of benzene rings is 1. The van der Waals surface area contributed by atoms with Gasteiger partial charge in [-0.2, -0.15) is 0 Å². The Labute approximate surface area is 156 Å². The fourth-order valence-corrected chi connectivity index (χ4v) is 3.79. The first kappa shape index (κ1) is 20.1. The van der Waals surface area contributed by atoms with Gasteiger partial charge in [-0.25, -0.2) is 18.4 Å². The molecule has 9 heteroatoms. The van der Waals surface area contributed by atoms with Crippen LogP contribution < -0.4 is 10.5 Å². The molecule has 140 valence electrons. The van der Waals surface area contributed by atoms with Crippen molar-refractivity contribution in [1.29, 1.82) is 0 Å². The van der Waals surface area contributed by atoms with E-state index >= 15 is 0 Å². The molecule has 26 heavy (non-hydrogen) atoms. The Morgan fingerprint density at radius 1 is 1.31 bits per heavy atom. The molecule has 0 aliphatic carbocycles. The third-order valence-electron chi connectivity index (χ3n) is 3.69. The number of esters is 1. The molecule has 2 aromatic rings. The van der Waals surface area contributed by atoms with E-state index < -0.39 is 28.0 Å². The standard InChI is InChI=1S/C17H20N2O5S2/c1-4-12-8-15(25-11(12)3)17(21)24-10(2)16(20)19-13-6-5-7-14(9-13)26(18,22)23/h5-10H,4H2,1-3H3,(H,19,20)(H2,18,22,23)/t10-/m1/s1. The van der Waals surface area contributed by atoms with Crippen LogP contribution in [0.25, 0.3) is 0 Å². The van der Waals surface area contributed by atoms with E-state index in [4.69, 9.17) is 9.88 Å². The number of carbonyl (C=O) groups is 2. The van der Waals surface area contributed by atoms with E-state index in [2.05, 4.69) is 5.32 Å². The van der Waals surface area contributed by atoms with Gasteiger partial charge >= 0.3 is 5.97 Å². The molecule has 0 saturated heterocycles. The zero-order valence-corrected chi connectivity index (χ0v) is 16.2. The van der Waals surface area contributed by atoms with Gasteiger partial charge in [-0.3, -0.25) is 4.79 Å². The predicted octanol–water partition coefficient (Wildman–Crippen LogP) is 2.45. The van der Waals surface area contributed by atoms with Crippen LogP contribution in [0.15, 0.2) is 35.2 Å². The monoisotopic (exact) mass is 396 g/mol. The summed E-state index contributed by atoms with van der Waals surface area (Å²) in [6, 6.07) is 7.28. The van der Waals surface area contributed by atoms with Gasteiger partial charge in [0.15, 0.2) is 6.10 Å². The Morgan fingerprint density at radius 3 is 2.58 bits per heavy atom. The lowest BCUT2D eigenvalue weighted by atomic mass is 10.2. The van der Waals surface area contributed by atoms with Gasteiger partial charge in [-0.05, 0) is 50.1 Å². The van der Waals surface area contributed by atoms with Crippen molar-refractivity contribution in [3.8, 4) is 0 Å². The minimum absolute atomic E-state index is 0.124. The Hall–Kier alpha value is -2.23. The van der Waals surface area contributed by atoms with Crippen LogP contribution in [0.3, 0.4) is 0 Å². The van der Waals surface area contributed by atoms with Gasteiger partial charge in [-0.1, -0.05) is 13.0 Å². The molecule has 0 spiro atoms. The topological polar surface area (TPSA) is 116 Å². The Morgan fingerprint density at radius 2 is 2.00 bits per heavy atom. The zero-order chi connectivity index (χ0) is 19.5. The summed E-state index contributed by atoms with van der Waals surface area (Å²) in [5.41, 5.74) is 1.31. The normalized spacial score (nSPS) is 12.5. The first-order valence-corrected chi connectivity index (χ1v) is 10.2. The molecule has 2 rings (SSSR count). The molecule has 1 heterocycles. The molecule has 1 amide bonds. The third kappa shape index (κ3) is 4.90. The summed E-state index contributed by atoms with van der Waals surface area (Å²) in [7, 11) is -3.88. The van der Waals surface area contributed by atoms with E-state index in [0.717, 1.165) is 16.9 Å². The smallest absolute Gasteiger partial charge is 0.349 e. The van der Waals surface area contributed by atoms with Crippen LogP contribution in [0.1, 0.15) is 34.0 Å². The molecular weight excluding hydrogens is 376 g/mol. The van der Waals surface area contributed by atoms with Crippen LogP contribution in [0.4, 0.5) is 5.69 Å². The second-order valence-corrected chi connectivity index (χ2v) is 8.47. The largest absolute Gasteiger partial charge is 0.448 e. The molecule has 0 aliphatic heterocycles. The zero-order valence-electron chi connectivity index (χ0n) is 14.6. The number of hydrogen-bond donors (Lipinski definition) is 2. The molecule has 1 aromatic heterocycles. The van der Waals surface area contributed by atoms with Gasteiger partial charge < -0.3 is 10.1 Å². The minimum Gasteiger partial charge on any atom is -0.448 e.